The van der Waals surface area contributed by atoms with Gasteiger partial charge in [0, 0.05) is 17.0 Å². The van der Waals surface area contributed by atoms with Crippen LogP contribution < -0.4 is 10.1 Å². The Morgan fingerprint density at radius 2 is 2.00 bits per heavy atom. The van der Waals surface area contributed by atoms with Crippen LogP contribution in [0.3, 0.4) is 0 Å². The van der Waals surface area contributed by atoms with E-state index in [4.69, 9.17) is 4.74 Å². The van der Waals surface area contributed by atoms with Crippen molar-refractivity contribution in [2.45, 2.75) is 19.8 Å². The van der Waals surface area contributed by atoms with E-state index in [-0.39, 0.29) is 5.91 Å². The van der Waals surface area contributed by atoms with Gasteiger partial charge < -0.3 is 15.0 Å². The van der Waals surface area contributed by atoms with Gasteiger partial charge in [-0.15, -0.1) is 11.3 Å². The van der Waals surface area contributed by atoms with Gasteiger partial charge in [0.15, 0.2) is 0 Å². The number of aromatic nitrogens is 1. The van der Waals surface area contributed by atoms with Gasteiger partial charge in [-0.1, -0.05) is 0 Å². The molecule has 1 amide bonds. The second-order valence-electron chi connectivity index (χ2n) is 5.94. The molecule has 0 aliphatic carbocycles. The Morgan fingerprint density at radius 1 is 1.29 bits per heavy atom. The Balaban J connectivity index is 1.94. The highest BCUT2D eigenvalue weighted by molar-refractivity contribution is 7.15. The number of carbonyl (C=O) groups excluding carboxylic acids is 1. The molecule has 130 valence electrons. The number of hydrogen-bond donors (Lipinski definition) is 1. The summed E-state index contributed by atoms with van der Waals surface area (Å²) in [6.07, 6.45) is 1.35. The molecule has 1 N–H and O–H groups in total. The first kappa shape index (κ1) is 18.4. The minimum absolute atomic E-state index is 0.0572. The van der Waals surface area contributed by atoms with Crippen LogP contribution in [0.2, 0.25) is 0 Å². The van der Waals surface area contributed by atoms with E-state index >= 15 is 0 Å². The van der Waals surface area contributed by atoms with Crippen molar-refractivity contribution in [1.82, 2.24) is 15.2 Å². The molecule has 2 aromatic rings. The Kier molecular flexibility index (Phi) is 6.75. The molecule has 1 aromatic heterocycles. The zero-order valence-electron chi connectivity index (χ0n) is 14.8. The molecule has 24 heavy (non-hydrogen) atoms. The van der Waals surface area contributed by atoms with E-state index in [1.165, 1.54) is 0 Å². The minimum Gasteiger partial charge on any atom is -0.497 e. The van der Waals surface area contributed by atoms with Crippen LogP contribution in [0.15, 0.2) is 24.3 Å². The van der Waals surface area contributed by atoms with Crippen LogP contribution in [-0.2, 0) is 11.2 Å². The number of ether oxygens (including phenoxy) is 1. The van der Waals surface area contributed by atoms with Crippen molar-refractivity contribution in [2.75, 3.05) is 34.3 Å². The fourth-order valence-electron chi connectivity index (χ4n) is 2.28. The quantitative estimate of drug-likeness (QED) is 0.746. The number of hydrogen-bond acceptors (Lipinski definition) is 5. The van der Waals surface area contributed by atoms with Gasteiger partial charge in [0.1, 0.15) is 10.8 Å². The molecule has 0 unspecified atom stereocenters. The molecule has 1 heterocycles. The highest BCUT2D eigenvalue weighted by Crippen LogP contribution is 2.29. The molecule has 0 saturated carbocycles. The first-order chi connectivity index (χ1) is 11.5. The van der Waals surface area contributed by atoms with Crippen LogP contribution >= 0.6 is 11.3 Å². The number of benzene rings is 1. The highest BCUT2D eigenvalue weighted by atomic mass is 32.1. The van der Waals surface area contributed by atoms with Gasteiger partial charge in [0.25, 0.3) is 0 Å². The summed E-state index contributed by atoms with van der Waals surface area (Å²) < 4.78 is 5.18. The summed E-state index contributed by atoms with van der Waals surface area (Å²) in [6.45, 7) is 3.64. The predicted octanol–water partition coefficient (Wildman–Crippen LogP) is 2.74. The molecule has 0 aliphatic rings. The normalized spacial score (nSPS) is 10.9. The van der Waals surface area contributed by atoms with Crippen LogP contribution in [0, 0.1) is 6.92 Å². The number of methoxy groups -OCH3 is 1. The molecule has 1 aromatic carbocycles. The number of rotatable bonds is 8. The number of aryl methyl sites for hydroxylation is 1. The van der Waals surface area contributed by atoms with Gasteiger partial charge in [-0.05, 0) is 58.3 Å². The number of thiazole rings is 1. The lowest BCUT2D eigenvalue weighted by Gasteiger charge is -2.09. The van der Waals surface area contributed by atoms with Crippen molar-refractivity contribution in [3.63, 3.8) is 0 Å². The summed E-state index contributed by atoms with van der Waals surface area (Å²) in [4.78, 5) is 19.8. The maximum absolute atomic E-state index is 12.1. The second-order valence-corrected chi connectivity index (χ2v) is 7.02. The minimum atomic E-state index is 0.0572. The first-order valence-corrected chi connectivity index (χ1v) is 8.83. The molecule has 0 atom stereocenters. The third kappa shape index (κ3) is 5.32. The second kappa shape index (κ2) is 8.80. The van der Waals surface area contributed by atoms with Crippen molar-refractivity contribution in [1.29, 1.82) is 0 Å². The summed E-state index contributed by atoms with van der Waals surface area (Å²) in [5.41, 5.74) is 1.97. The largest absolute Gasteiger partial charge is 0.497 e. The lowest BCUT2D eigenvalue weighted by Crippen LogP contribution is -2.28. The molecule has 2 rings (SSSR count). The van der Waals surface area contributed by atoms with E-state index in [0.717, 1.165) is 39.9 Å². The lowest BCUT2D eigenvalue weighted by atomic mass is 10.2. The monoisotopic (exact) mass is 347 g/mol. The molecular formula is C18H25N3O2S. The topological polar surface area (TPSA) is 54.5 Å². The zero-order valence-corrected chi connectivity index (χ0v) is 15.6. The molecule has 6 heteroatoms. The molecular weight excluding hydrogens is 322 g/mol. The third-order valence-corrected chi connectivity index (χ3v) is 4.86. The molecule has 0 bridgehead atoms. The highest BCUT2D eigenvalue weighted by Gasteiger charge is 2.13. The van der Waals surface area contributed by atoms with Crippen molar-refractivity contribution in [2.24, 2.45) is 0 Å². The molecule has 5 nitrogen and oxygen atoms in total. The average Bonchev–Trinajstić information content (AvgIpc) is 2.92. The van der Waals surface area contributed by atoms with E-state index in [1.54, 1.807) is 18.4 Å². The number of nitrogens with zero attached hydrogens (tertiary/aromatic N) is 2. The summed E-state index contributed by atoms with van der Waals surface area (Å²) in [7, 11) is 5.71. The van der Waals surface area contributed by atoms with E-state index in [0.29, 0.717) is 13.0 Å². The molecule has 0 radical (unpaired) electrons. The summed E-state index contributed by atoms with van der Waals surface area (Å²) >= 11 is 1.58. The van der Waals surface area contributed by atoms with Crippen molar-refractivity contribution in [3.8, 4) is 16.3 Å². The summed E-state index contributed by atoms with van der Waals surface area (Å²) in [5, 5.41) is 3.91. The molecule has 0 spiro atoms. The van der Waals surface area contributed by atoms with Crippen LogP contribution in [0.5, 0.6) is 5.75 Å². The average molecular weight is 347 g/mol. The Morgan fingerprint density at radius 3 is 2.62 bits per heavy atom. The fraction of sp³-hybridized carbons (Fsp3) is 0.444. The number of amides is 1. The van der Waals surface area contributed by atoms with E-state index in [2.05, 4.69) is 15.2 Å². The van der Waals surface area contributed by atoms with Crippen LogP contribution in [0.1, 0.15) is 17.0 Å². The van der Waals surface area contributed by atoms with Crippen molar-refractivity contribution >= 4 is 17.2 Å². The summed E-state index contributed by atoms with van der Waals surface area (Å²) in [6, 6.07) is 7.82. The van der Waals surface area contributed by atoms with Crippen LogP contribution in [-0.4, -0.2) is 50.1 Å². The molecule has 0 saturated heterocycles. The Bertz CT molecular complexity index is 665. The zero-order chi connectivity index (χ0) is 17.5. The van der Waals surface area contributed by atoms with Gasteiger partial charge in [-0.25, -0.2) is 4.98 Å². The fourth-order valence-corrected chi connectivity index (χ4v) is 3.35. The van der Waals surface area contributed by atoms with E-state index in [1.807, 2.05) is 45.3 Å². The van der Waals surface area contributed by atoms with Crippen LogP contribution in [0.4, 0.5) is 0 Å². The number of nitrogens with one attached hydrogen (secondary N) is 1. The van der Waals surface area contributed by atoms with Crippen LogP contribution in [0.25, 0.3) is 10.6 Å². The lowest BCUT2D eigenvalue weighted by molar-refractivity contribution is -0.120. The van der Waals surface area contributed by atoms with Gasteiger partial charge in [0.2, 0.25) is 5.91 Å². The van der Waals surface area contributed by atoms with Crippen molar-refractivity contribution in [3.05, 3.63) is 34.8 Å². The van der Waals surface area contributed by atoms with E-state index in [9.17, 15) is 4.79 Å². The first-order valence-electron chi connectivity index (χ1n) is 8.01. The summed E-state index contributed by atoms with van der Waals surface area (Å²) in [5.74, 6) is 0.881. The standard InChI is InChI=1S/C18H25N3O2S/c1-13-16(12-17(22)19-10-5-11-21(2)3)24-18(20-13)14-6-8-15(23-4)9-7-14/h6-9H,5,10-12H2,1-4H3,(H,19,22). The van der Waals surface area contributed by atoms with Gasteiger partial charge in [0.05, 0.1) is 19.2 Å². The third-order valence-electron chi connectivity index (χ3n) is 3.66. The smallest absolute Gasteiger partial charge is 0.225 e. The Hall–Kier alpha value is -1.92. The van der Waals surface area contributed by atoms with E-state index < -0.39 is 0 Å². The van der Waals surface area contributed by atoms with Gasteiger partial charge >= 0.3 is 0 Å². The van der Waals surface area contributed by atoms with Gasteiger partial charge in [-0.3, -0.25) is 4.79 Å². The number of carbonyl (C=O) groups is 1. The van der Waals surface area contributed by atoms with Gasteiger partial charge in [-0.2, -0.15) is 0 Å². The molecule has 0 fully saturated rings. The predicted molar refractivity (Wildman–Crippen MR) is 98.7 cm³/mol. The SMILES string of the molecule is COc1ccc(-c2nc(C)c(CC(=O)NCCCN(C)C)s2)cc1. The maximum atomic E-state index is 12.1. The maximum Gasteiger partial charge on any atom is 0.225 e. The Labute approximate surface area is 147 Å². The van der Waals surface area contributed by atoms with Crippen molar-refractivity contribution < 1.29 is 9.53 Å². The molecule has 0 aliphatic heterocycles.